The van der Waals surface area contributed by atoms with Crippen molar-refractivity contribution in [3.05, 3.63) is 60.2 Å². The molecule has 0 amide bonds. The van der Waals surface area contributed by atoms with Crippen molar-refractivity contribution in [2.75, 3.05) is 0 Å². The lowest BCUT2D eigenvalue weighted by molar-refractivity contribution is 1.59. The molecule has 0 aromatic heterocycles. The van der Waals surface area contributed by atoms with E-state index in [9.17, 15) is 0 Å². The summed E-state index contributed by atoms with van der Waals surface area (Å²) < 4.78 is 0. The predicted octanol–water partition coefficient (Wildman–Crippen LogP) is 4.58. The zero-order valence-corrected chi connectivity index (χ0v) is 12.2. The molecule has 0 unspecified atom stereocenters. The molecule has 2 rings (SSSR count). The summed E-state index contributed by atoms with van der Waals surface area (Å²) in [6.45, 7) is 6.79. The van der Waals surface area contributed by atoms with Gasteiger partial charge in [-0.25, -0.2) is 0 Å². The molecule has 0 heterocycles. The van der Waals surface area contributed by atoms with E-state index in [1.54, 1.807) is 0 Å². The van der Waals surface area contributed by atoms with Crippen LogP contribution in [0.15, 0.2) is 54.6 Å². The first-order valence-electron chi connectivity index (χ1n) is 6.23. The van der Waals surface area contributed by atoms with Crippen LogP contribution < -0.4 is 0 Å². The Bertz CT molecular complexity index is 580. The molecule has 0 aliphatic carbocycles. The summed E-state index contributed by atoms with van der Waals surface area (Å²) >= 11 is 0. The van der Waals surface area contributed by atoms with Gasteiger partial charge in [-0.3, -0.25) is 0 Å². The van der Waals surface area contributed by atoms with Crippen LogP contribution in [0.5, 0.6) is 0 Å². The smallest absolute Gasteiger partial charge is 0.127 e. The summed E-state index contributed by atoms with van der Waals surface area (Å²) in [7, 11) is -1.30. The summed E-state index contributed by atoms with van der Waals surface area (Å²) in [6, 6.07) is 18.9. The molecule has 2 aromatic rings. The minimum atomic E-state index is -1.30. The van der Waals surface area contributed by atoms with Crippen LogP contribution in [0, 0.1) is 11.5 Å². The molecule has 90 valence electrons. The van der Waals surface area contributed by atoms with Gasteiger partial charge < -0.3 is 0 Å². The maximum absolute atomic E-state index is 3.41. The molecular weight excluding hydrogens is 232 g/mol. The van der Waals surface area contributed by atoms with Gasteiger partial charge in [0.2, 0.25) is 0 Å². The molecule has 0 fully saturated rings. The van der Waals surface area contributed by atoms with Crippen molar-refractivity contribution >= 4 is 8.07 Å². The standard InChI is InChI=1S/C17H18Si/c1-18(2,3)13-12-15-8-7-11-17(14-15)16-9-5-4-6-10-16/h4-11,14H,1-3H3. The predicted molar refractivity (Wildman–Crippen MR) is 82.1 cm³/mol. The van der Waals surface area contributed by atoms with Crippen molar-refractivity contribution < 1.29 is 0 Å². The highest BCUT2D eigenvalue weighted by Crippen LogP contribution is 2.19. The molecule has 0 atom stereocenters. The van der Waals surface area contributed by atoms with Crippen LogP contribution in [0.2, 0.25) is 19.6 Å². The molecule has 0 aliphatic heterocycles. The molecule has 0 nitrogen and oxygen atoms in total. The topological polar surface area (TPSA) is 0 Å². The minimum absolute atomic E-state index is 1.11. The van der Waals surface area contributed by atoms with E-state index in [1.807, 2.05) is 6.07 Å². The Hall–Kier alpha value is -1.78. The second-order valence-electron chi connectivity index (χ2n) is 5.45. The minimum Gasteiger partial charge on any atom is -0.127 e. The van der Waals surface area contributed by atoms with E-state index in [-0.39, 0.29) is 0 Å². The molecule has 0 saturated carbocycles. The Balaban J connectivity index is 2.34. The lowest BCUT2D eigenvalue weighted by atomic mass is 10.0. The van der Waals surface area contributed by atoms with E-state index in [0.717, 1.165) is 5.56 Å². The number of hydrogen-bond acceptors (Lipinski definition) is 0. The summed E-state index contributed by atoms with van der Waals surface area (Å²) in [6.07, 6.45) is 0. The summed E-state index contributed by atoms with van der Waals surface area (Å²) in [5.74, 6) is 3.31. The van der Waals surface area contributed by atoms with Gasteiger partial charge >= 0.3 is 0 Å². The molecule has 18 heavy (non-hydrogen) atoms. The average molecular weight is 250 g/mol. The fourth-order valence-electron chi connectivity index (χ4n) is 1.67. The molecule has 0 spiro atoms. The summed E-state index contributed by atoms with van der Waals surface area (Å²) in [5.41, 5.74) is 6.99. The first kappa shape index (κ1) is 12.7. The van der Waals surface area contributed by atoms with Crippen LogP contribution in [0.4, 0.5) is 0 Å². The fraction of sp³-hybridized carbons (Fsp3) is 0.176. The highest BCUT2D eigenvalue weighted by Gasteiger charge is 2.07. The maximum atomic E-state index is 3.41. The van der Waals surface area contributed by atoms with Gasteiger partial charge in [0.1, 0.15) is 8.07 Å². The Labute approximate surface area is 111 Å². The third kappa shape index (κ3) is 3.61. The van der Waals surface area contributed by atoms with Gasteiger partial charge in [-0.05, 0) is 23.3 Å². The van der Waals surface area contributed by atoms with E-state index in [2.05, 4.69) is 79.6 Å². The first-order valence-corrected chi connectivity index (χ1v) is 9.73. The Morgan fingerprint density at radius 2 is 1.44 bits per heavy atom. The second-order valence-corrected chi connectivity index (χ2v) is 10.2. The van der Waals surface area contributed by atoms with E-state index in [1.165, 1.54) is 11.1 Å². The SMILES string of the molecule is C[Si](C)(C)C#Cc1cccc(-c2ccccc2)c1. The van der Waals surface area contributed by atoms with Crippen LogP contribution in [-0.2, 0) is 0 Å². The third-order valence-electron chi connectivity index (χ3n) is 2.55. The van der Waals surface area contributed by atoms with Crippen molar-refractivity contribution in [1.82, 2.24) is 0 Å². The van der Waals surface area contributed by atoms with Gasteiger partial charge in [0.15, 0.2) is 0 Å². The molecule has 0 radical (unpaired) electrons. The molecular formula is C17H18Si. The van der Waals surface area contributed by atoms with Crippen molar-refractivity contribution in [2.45, 2.75) is 19.6 Å². The highest BCUT2D eigenvalue weighted by molar-refractivity contribution is 6.83. The summed E-state index contributed by atoms with van der Waals surface area (Å²) in [4.78, 5) is 0. The summed E-state index contributed by atoms with van der Waals surface area (Å²) in [5, 5.41) is 0. The highest BCUT2D eigenvalue weighted by atomic mass is 28.3. The quantitative estimate of drug-likeness (QED) is 0.513. The van der Waals surface area contributed by atoms with Crippen LogP contribution in [-0.4, -0.2) is 8.07 Å². The number of hydrogen-bond donors (Lipinski definition) is 0. The zero-order chi connectivity index (χ0) is 13.0. The monoisotopic (exact) mass is 250 g/mol. The van der Waals surface area contributed by atoms with Crippen LogP contribution in [0.1, 0.15) is 5.56 Å². The van der Waals surface area contributed by atoms with E-state index >= 15 is 0 Å². The van der Waals surface area contributed by atoms with Gasteiger partial charge in [0, 0.05) is 5.56 Å². The normalized spacial score (nSPS) is 10.6. The third-order valence-corrected chi connectivity index (χ3v) is 3.43. The van der Waals surface area contributed by atoms with Crippen molar-refractivity contribution in [1.29, 1.82) is 0 Å². The van der Waals surface area contributed by atoms with Crippen LogP contribution >= 0.6 is 0 Å². The second kappa shape index (κ2) is 5.24. The van der Waals surface area contributed by atoms with E-state index in [4.69, 9.17) is 0 Å². The molecule has 0 saturated heterocycles. The maximum Gasteiger partial charge on any atom is 0.129 e. The molecule has 0 bridgehead atoms. The molecule has 0 N–H and O–H groups in total. The van der Waals surface area contributed by atoms with Crippen LogP contribution in [0.3, 0.4) is 0 Å². The van der Waals surface area contributed by atoms with Crippen LogP contribution in [0.25, 0.3) is 11.1 Å². The first-order chi connectivity index (χ1) is 8.54. The van der Waals surface area contributed by atoms with Gasteiger partial charge in [0.05, 0.1) is 0 Å². The van der Waals surface area contributed by atoms with Gasteiger partial charge in [-0.2, -0.15) is 0 Å². The van der Waals surface area contributed by atoms with Gasteiger partial charge in [-0.15, -0.1) is 5.54 Å². The Kier molecular flexibility index (Phi) is 3.69. The largest absolute Gasteiger partial charge is 0.129 e. The molecule has 1 heteroatoms. The van der Waals surface area contributed by atoms with Gasteiger partial charge in [-0.1, -0.05) is 68.0 Å². The lowest BCUT2D eigenvalue weighted by Crippen LogP contribution is -2.16. The number of benzene rings is 2. The van der Waals surface area contributed by atoms with Crippen molar-refractivity contribution in [2.24, 2.45) is 0 Å². The zero-order valence-electron chi connectivity index (χ0n) is 11.2. The Morgan fingerprint density at radius 3 is 2.11 bits per heavy atom. The van der Waals surface area contributed by atoms with Gasteiger partial charge in [0.25, 0.3) is 0 Å². The fourth-order valence-corrected chi connectivity index (χ4v) is 2.19. The molecule has 0 aliphatic rings. The number of rotatable bonds is 1. The van der Waals surface area contributed by atoms with E-state index < -0.39 is 8.07 Å². The Morgan fingerprint density at radius 1 is 0.778 bits per heavy atom. The molecule has 2 aromatic carbocycles. The van der Waals surface area contributed by atoms with Crippen molar-refractivity contribution in [3.63, 3.8) is 0 Å². The lowest BCUT2D eigenvalue weighted by Gasteiger charge is -2.04. The van der Waals surface area contributed by atoms with E-state index in [0.29, 0.717) is 0 Å². The van der Waals surface area contributed by atoms with Crippen molar-refractivity contribution in [3.8, 4) is 22.6 Å². The average Bonchev–Trinajstić information content (AvgIpc) is 2.37.